The second-order valence-electron chi connectivity index (χ2n) is 14.0. The maximum Gasteiger partial charge on any atom is 0.136 e. The van der Waals surface area contributed by atoms with Crippen molar-refractivity contribution in [2.75, 3.05) is 13.2 Å². The number of carbonyl (C=O) groups is 1. The van der Waals surface area contributed by atoms with E-state index in [1.54, 1.807) is 0 Å². The van der Waals surface area contributed by atoms with Gasteiger partial charge in [0, 0.05) is 25.6 Å². The Kier molecular flexibility index (Phi) is 7.04. The van der Waals surface area contributed by atoms with E-state index in [0.29, 0.717) is 22.5 Å². The van der Waals surface area contributed by atoms with Crippen LogP contribution in [0.1, 0.15) is 118 Å². The Morgan fingerprint density at radius 1 is 0.941 bits per heavy atom. The molecule has 9 atom stereocenters. The predicted molar refractivity (Wildman–Crippen MR) is 137 cm³/mol. The molecule has 0 aromatic heterocycles. The minimum Gasteiger partial charge on any atom is -0.390 e. The molecule has 34 heavy (non-hydrogen) atoms. The largest absolute Gasteiger partial charge is 0.390 e. The maximum atomic E-state index is 12.8. The van der Waals surface area contributed by atoms with Crippen LogP contribution in [0.2, 0.25) is 0 Å². The molecule has 0 unspecified atom stereocenters. The highest BCUT2D eigenvalue weighted by Crippen LogP contribution is 2.69. The van der Waals surface area contributed by atoms with Crippen molar-refractivity contribution in [3.63, 3.8) is 0 Å². The number of rotatable bonds is 6. The zero-order valence-corrected chi connectivity index (χ0v) is 22.6. The van der Waals surface area contributed by atoms with E-state index in [-0.39, 0.29) is 5.92 Å². The predicted octanol–water partition coefficient (Wildman–Crippen LogP) is 7.20. The monoisotopic (exact) mass is 472 g/mol. The maximum absolute atomic E-state index is 12.8. The lowest BCUT2D eigenvalue weighted by molar-refractivity contribution is -0.152. The van der Waals surface area contributed by atoms with E-state index in [4.69, 9.17) is 4.74 Å². The summed E-state index contributed by atoms with van der Waals surface area (Å²) in [5.41, 5.74) is 0.534. The first-order chi connectivity index (χ1) is 16.2. The fourth-order valence-electron chi connectivity index (χ4n) is 10.4. The normalized spacial score (nSPS) is 48.0. The molecule has 0 bridgehead atoms. The van der Waals surface area contributed by atoms with Crippen molar-refractivity contribution in [1.29, 1.82) is 0 Å². The quantitative estimate of drug-likeness (QED) is 0.445. The summed E-state index contributed by atoms with van der Waals surface area (Å²) in [6, 6.07) is 0. The van der Waals surface area contributed by atoms with Crippen LogP contribution in [-0.4, -0.2) is 29.7 Å². The lowest BCUT2D eigenvalue weighted by atomic mass is 9.43. The van der Waals surface area contributed by atoms with Crippen molar-refractivity contribution in [2.45, 2.75) is 123 Å². The van der Waals surface area contributed by atoms with Gasteiger partial charge in [0.2, 0.25) is 0 Å². The molecule has 1 saturated heterocycles. The molecule has 0 amide bonds. The van der Waals surface area contributed by atoms with Gasteiger partial charge < -0.3 is 9.84 Å². The molecule has 194 valence electrons. The molecule has 1 aliphatic heterocycles. The first-order valence-corrected chi connectivity index (χ1v) is 15.0. The summed E-state index contributed by atoms with van der Waals surface area (Å²) in [4.78, 5) is 12.8. The summed E-state index contributed by atoms with van der Waals surface area (Å²) >= 11 is 0. The fraction of sp³-hybridized carbons (Fsp3) is 0.968. The average Bonchev–Trinajstić information content (AvgIpc) is 3.20. The van der Waals surface area contributed by atoms with Gasteiger partial charge in [0.15, 0.2) is 0 Å². The van der Waals surface area contributed by atoms with Crippen molar-refractivity contribution >= 4 is 5.78 Å². The molecule has 0 aromatic rings. The van der Waals surface area contributed by atoms with Crippen molar-refractivity contribution in [3.05, 3.63) is 0 Å². The number of Topliss-reactive ketones (excluding diaryl/α,β-unsaturated/α-hetero) is 1. The minimum atomic E-state index is -0.393. The van der Waals surface area contributed by atoms with Crippen LogP contribution in [0.3, 0.4) is 0 Å². The molecule has 1 heterocycles. The number of fused-ring (bicyclic) bond motifs is 5. The molecular formula is C31H52O3. The third-order valence-electron chi connectivity index (χ3n) is 12.8. The standard InChI is InChI=1S/C31H52O3/c1-5-31(33)17-16-29(3)23(20-31)7-8-24-26-10-9-25(30(26,4)15-12-27(24)29)21(2)6-11-28(32)22-13-18-34-19-14-22/h21-27,33H,5-20H2,1-4H3/t21-,23+,24+,25-,26+,27+,29+,30-,31+/m1/s1. The number of ether oxygens (including phenoxy) is 1. The Labute approximate surface area is 209 Å². The first kappa shape index (κ1) is 25.2. The second kappa shape index (κ2) is 9.47. The van der Waals surface area contributed by atoms with Gasteiger partial charge in [0.25, 0.3) is 0 Å². The van der Waals surface area contributed by atoms with Crippen LogP contribution in [0.25, 0.3) is 0 Å². The molecule has 0 radical (unpaired) electrons. The zero-order valence-electron chi connectivity index (χ0n) is 22.6. The van der Waals surface area contributed by atoms with Gasteiger partial charge in [-0.2, -0.15) is 0 Å². The summed E-state index contributed by atoms with van der Waals surface area (Å²) in [5, 5.41) is 11.1. The molecule has 3 nitrogen and oxygen atoms in total. The van der Waals surface area contributed by atoms with Crippen LogP contribution in [0.5, 0.6) is 0 Å². The van der Waals surface area contributed by atoms with E-state index in [1.165, 1.54) is 44.9 Å². The number of carbonyl (C=O) groups excluding carboxylic acids is 1. The zero-order chi connectivity index (χ0) is 24.1. The van der Waals surface area contributed by atoms with E-state index in [9.17, 15) is 9.90 Å². The molecular weight excluding hydrogens is 420 g/mol. The Morgan fingerprint density at radius 3 is 2.41 bits per heavy atom. The number of aliphatic hydroxyl groups is 1. The van der Waals surface area contributed by atoms with Crippen LogP contribution in [0, 0.1) is 52.3 Å². The van der Waals surface area contributed by atoms with Gasteiger partial charge in [0.1, 0.15) is 5.78 Å². The topological polar surface area (TPSA) is 46.5 Å². The van der Waals surface area contributed by atoms with Gasteiger partial charge in [-0.05, 0) is 130 Å². The highest BCUT2D eigenvalue weighted by Gasteiger charge is 2.61. The van der Waals surface area contributed by atoms with Gasteiger partial charge in [-0.25, -0.2) is 0 Å². The SMILES string of the molecule is CC[C@]1(O)CC[C@@]2(C)[C@@H](CC[C@@H]3[C@@H]2CC[C@]2(C)[C@@H]([C@H](C)CCC(=O)C4CCOCC4)CC[C@@H]32)C1. The van der Waals surface area contributed by atoms with Crippen molar-refractivity contribution in [2.24, 2.45) is 52.3 Å². The Balaban J connectivity index is 1.23. The third-order valence-corrected chi connectivity index (χ3v) is 12.8. The molecule has 5 fully saturated rings. The average molecular weight is 473 g/mol. The lowest BCUT2D eigenvalue weighted by Gasteiger charge is -2.62. The minimum absolute atomic E-state index is 0.264. The molecule has 4 saturated carbocycles. The molecule has 5 aliphatic rings. The van der Waals surface area contributed by atoms with Gasteiger partial charge in [0.05, 0.1) is 5.60 Å². The summed E-state index contributed by atoms with van der Waals surface area (Å²) < 4.78 is 5.46. The second-order valence-corrected chi connectivity index (χ2v) is 14.0. The van der Waals surface area contributed by atoms with Crippen LogP contribution in [0.4, 0.5) is 0 Å². The molecule has 0 spiro atoms. The van der Waals surface area contributed by atoms with Crippen LogP contribution in [0.15, 0.2) is 0 Å². The lowest BCUT2D eigenvalue weighted by Crippen LogP contribution is -2.56. The van der Waals surface area contributed by atoms with E-state index >= 15 is 0 Å². The highest BCUT2D eigenvalue weighted by atomic mass is 16.5. The fourth-order valence-corrected chi connectivity index (χ4v) is 10.4. The van der Waals surface area contributed by atoms with Crippen LogP contribution in [-0.2, 0) is 9.53 Å². The summed E-state index contributed by atoms with van der Waals surface area (Å²) in [6.07, 6.45) is 16.3. The molecule has 3 heteroatoms. The summed E-state index contributed by atoms with van der Waals surface area (Å²) in [6.45, 7) is 11.4. The van der Waals surface area contributed by atoms with Gasteiger partial charge in [-0.3, -0.25) is 4.79 Å². The highest BCUT2D eigenvalue weighted by molar-refractivity contribution is 5.81. The summed E-state index contributed by atoms with van der Waals surface area (Å²) in [5.74, 6) is 5.61. The van der Waals surface area contributed by atoms with E-state index in [1.807, 2.05) is 0 Å². The number of hydrogen-bond acceptors (Lipinski definition) is 3. The van der Waals surface area contributed by atoms with Crippen molar-refractivity contribution in [3.8, 4) is 0 Å². The number of ketones is 1. The van der Waals surface area contributed by atoms with Gasteiger partial charge in [-0.1, -0.05) is 27.7 Å². The van der Waals surface area contributed by atoms with Gasteiger partial charge in [-0.15, -0.1) is 0 Å². The smallest absolute Gasteiger partial charge is 0.136 e. The van der Waals surface area contributed by atoms with E-state index in [2.05, 4.69) is 27.7 Å². The molecule has 1 N–H and O–H groups in total. The molecule has 5 rings (SSSR count). The Morgan fingerprint density at radius 2 is 1.68 bits per heavy atom. The van der Waals surface area contributed by atoms with Crippen molar-refractivity contribution < 1.29 is 14.6 Å². The Hall–Kier alpha value is -0.410. The van der Waals surface area contributed by atoms with Crippen LogP contribution < -0.4 is 0 Å². The van der Waals surface area contributed by atoms with Crippen molar-refractivity contribution in [1.82, 2.24) is 0 Å². The summed E-state index contributed by atoms with van der Waals surface area (Å²) in [7, 11) is 0. The first-order valence-electron chi connectivity index (χ1n) is 15.0. The Bertz CT molecular complexity index is 743. The third kappa shape index (κ3) is 4.23. The number of hydrogen-bond donors (Lipinski definition) is 1. The molecule has 4 aliphatic carbocycles. The van der Waals surface area contributed by atoms with E-state index < -0.39 is 5.60 Å². The van der Waals surface area contributed by atoms with Gasteiger partial charge >= 0.3 is 0 Å². The van der Waals surface area contributed by atoms with E-state index in [0.717, 1.165) is 87.7 Å². The molecule has 0 aromatic carbocycles. The van der Waals surface area contributed by atoms with Crippen LogP contribution >= 0.6 is 0 Å².